The first-order valence-electron chi connectivity index (χ1n) is 8.17. The molecule has 0 aliphatic rings. The highest BCUT2D eigenvalue weighted by Crippen LogP contribution is 2.16. The van der Waals surface area contributed by atoms with Gasteiger partial charge < -0.3 is 10.1 Å². The SMILES string of the molecule is CCOC(=O)c1ccnc(NC(=O)c2ccc3nc(C)c(C)nc3c2)c1. The van der Waals surface area contributed by atoms with E-state index in [0.29, 0.717) is 16.6 Å². The summed E-state index contributed by atoms with van der Waals surface area (Å²) in [6.07, 6.45) is 1.44. The van der Waals surface area contributed by atoms with E-state index < -0.39 is 5.97 Å². The summed E-state index contributed by atoms with van der Waals surface area (Å²) in [5.41, 5.74) is 3.81. The number of benzene rings is 1. The monoisotopic (exact) mass is 350 g/mol. The number of pyridine rings is 1. The van der Waals surface area contributed by atoms with Crippen molar-refractivity contribution in [2.24, 2.45) is 0 Å². The summed E-state index contributed by atoms with van der Waals surface area (Å²) in [5, 5.41) is 2.68. The van der Waals surface area contributed by atoms with E-state index in [1.54, 1.807) is 25.1 Å². The van der Waals surface area contributed by atoms with Gasteiger partial charge in [0, 0.05) is 11.8 Å². The van der Waals surface area contributed by atoms with Gasteiger partial charge in [0.05, 0.1) is 34.6 Å². The zero-order valence-corrected chi connectivity index (χ0v) is 14.7. The lowest BCUT2D eigenvalue weighted by atomic mass is 10.1. The standard InChI is InChI=1S/C19H18N4O3/c1-4-26-19(25)14-7-8-20-17(10-14)23-18(24)13-5-6-15-16(9-13)22-12(3)11(2)21-15/h5-10H,4H2,1-3H3,(H,20,23,24). The molecule has 0 saturated carbocycles. The Morgan fingerprint density at radius 3 is 2.46 bits per heavy atom. The van der Waals surface area contributed by atoms with E-state index >= 15 is 0 Å². The minimum atomic E-state index is -0.461. The molecule has 3 rings (SSSR count). The lowest BCUT2D eigenvalue weighted by molar-refractivity contribution is 0.0526. The summed E-state index contributed by atoms with van der Waals surface area (Å²) in [6.45, 7) is 5.78. The fourth-order valence-electron chi connectivity index (χ4n) is 2.40. The lowest BCUT2D eigenvalue weighted by Gasteiger charge is -2.08. The van der Waals surface area contributed by atoms with Crippen LogP contribution in [-0.2, 0) is 4.74 Å². The van der Waals surface area contributed by atoms with Gasteiger partial charge in [0.1, 0.15) is 5.82 Å². The second kappa shape index (κ2) is 7.26. The predicted octanol–water partition coefficient (Wildman–Crippen LogP) is 3.07. The van der Waals surface area contributed by atoms with Crippen LogP contribution in [0.3, 0.4) is 0 Å². The Labute approximate surface area is 150 Å². The first kappa shape index (κ1) is 17.5. The van der Waals surface area contributed by atoms with Crippen molar-refractivity contribution in [3.63, 3.8) is 0 Å². The topological polar surface area (TPSA) is 94.1 Å². The number of hydrogen-bond donors (Lipinski definition) is 1. The van der Waals surface area contributed by atoms with E-state index in [4.69, 9.17) is 4.74 Å². The van der Waals surface area contributed by atoms with Gasteiger partial charge in [0.2, 0.25) is 0 Å². The molecule has 1 aromatic carbocycles. The first-order valence-corrected chi connectivity index (χ1v) is 8.17. The van der Waals surface area contributed by atoms with Gasteiger partial charge in [-0.15, -0.1) is 0 Å². The minimum Gasteiger partial charge on any atom is -0.462 e. The van der Waals surface area contributed by atoms with Gasteiger partial charge in [0.25, 0.3) is 5.91 Å². The Morgan fingerprint density at radius 1 is 1.00 bits per heavy atom. The average Bonchev–Trinajstić information content (AvgIpc) is 2.62. The number of fused-ring (bicyclic) bond motifs is 1. The van der Waals surface area contributed by atoms with Crippen LogP contribution in [-0.4, -0.2) is 33.4 Å². The Balaban J connectivity index is 1.84. The summed E-state index contributed by atoms with van der Waals surface area (Å²) in [6, 6.07) is 8.12. The van der Waals surface area contributed by atoms with Crippen LogP contribution in [0.4, 0.5) is 5.82 Å². The average molecular weight is 350 g/mol. The number of ether oxygens (including phenoxy) is 1. The summed E-state index contributed by atoms with van der Waals surface area (Å²) in [7, 11) is 0. The quantitative estimate of drug-likeness (QED) is 0.727. The zero-order valence-electron chi connectivity index (χ0n) is 14.7. The molecular formula is C19H18N4O3. The number of amides is 1. The third-order valence-electron chi connectivity index (χ3n) is 3.85. The van der Waals surface area contributed by atoms with Gasteiger partial charge in [-0.2, -0.15) is 0 Å². The van der Waals surface area contributed by atoms with E-state index in [2.05, 4.69) is 20.3 Å². The third-order valence-corrected chi connectivity index (χ3v) is 3.85. The summed E-state index contributed by atoms with van der Waals surface area (Å²) >= 11 is 0. The number of nitrogens with one attached hydrogen (secondary N) is 1. The van der Waals surface area contributed by atoms with Crippen molar-refractivity contribution in [3.8, 4) is 0 Å². The normalized spacial score (nSPS) is 10.6. The second-order valence-corrected chi connectivity index (χ2v) is 5.70. The molecule has 1 N–H and O–H groups in total. The van der Waals surface area contributed by atoms with Crippen LogP contribution in [0.25, 0.3) is 11.0 Å². The number of carbonyl (C=O) groups excluding carboxylic acids is 2. The molecule has 26 heavy (non-hydrogen) atoms. The second-order valence-electron chi connectivity index (χ2n) is 5.70. The van der Waals surface area contributed by atoms with Crippen LogP contribution in [0.1, 0.15) is 39.0 Å². The molecule has 132 valence electrons. The van der Waals surface area contributed by atoms with Crippen LogP contribution in [0.15, 0.2) is 36.5 Å². The third kappa shape index (κ3) is 3.66. The number of anilines is 1. The first-order chi connectivity index (χ1) is 12.5. The van der Waals surface area contributed by atoms with Crippen LogP contribution in [0, 0.1) is 13.8 Å². The molecule has 0 aliphatic heterocycles. The number of rotatable bonds is 4. The van der Waals surface area contributed by atoms with Crippen LogP contribution in [0.5, 0.6) is 0 Å². The molecule has 0 fully saturated rings. The molecule has 0 radical (unpaired) electrons. The molecule has 0 spiro atoms. The van der Waals surface area contributed by atoms with Crippen molar-refractivity contribution in [1.82, 2.24) is 15.0 Å². The van der Waals surface area contributed by atoms with Crippen molar-refractivity contribution in [3.05, 3.63) is 59.0 Å². The van der Waals surface area contributed by atoms with Gasteiger partial charge in [-0.3, -0.25) is 4.79 Å². The van der Waals surface area contributed by atoms with E-state index in [1.165, 1.54) is 18.3 Å². The smallest absolute Gasteiger partial charge is 0.338 e. The van der Waals surface area contributed by atoms with E-state index in [0.717, 1.165) is 16.9 Å². The number of esters is 1. The molecule has 7 heteroatoms. The fraction of sp³-hybridized carbons (Fsp3) is 0.211. The summed E-state index contributed by atoms with van der Waals surface area (Å²) < 4.78 is 4.95. The lowest BCUT2D eigenvalue weighted by Crippen LogP contribution is -2.14. The van der Waals surface area contributed by atoms with Crippen molar-refractivity contribution in [2.75, 3.05) is 11.9 Å². The number of aromatic nitrogens is 3. The number of nitrogens with zero attached hydrogens (tertiary/aromatic N) is 3. The van der Waals surface area contributed by atoms with Crippen LogP contribution in [0.2, 0.25) is 0 Å². The van der Waals surface area contributed by atoms with Gasteiger partial charge >= 0.3 is 5.97 Å². The number of carbonyl (C=O) groups is 2. The Kier molecular flexibility index (Phi) is 4.88. The van der Waals surface area contributed by atoms with Crippen LogP contribution >= 0.6 is 0 Å². The highest BCUT2D eigenvalue weighted by atomic mass is 16.5. The molecule has 0 atom stereocenters. The van der Waals surface area contributed by atoms with E-state index in [1.807, 2.05) is 13.8 Å². The molecule has 2 heterocycles. The van der Waals surface area contributed by atoms with E-state index in [-0.39, 0.29) is 18.3 Å². The molecule has 3 aromatic rings. The van der Waals surface area contributed by atoms with Crippen molar-refractivity contribution in [2.45, 2.75) is 20.8 Å². The molecule has 1 amide bonds. The van der Waals surface area contributed by atoms with Gasteiger partial charge in [-0.1, -0.05) is 0 Å². The Morgan fingerprint density at radius 2 is 1.73 bits per heavy atom. The van der Waals surface area contributed by atoms with Gasteiger partial charge in [-0.05, 0) is 51.1 Å². The van der Waals surface area contributed by atoms with Crippen LogP contribution < -0.4 is 5.32 Å². The van der Waals surface area contributed by atoms with Crippen molar-refractivity contribution in [1.29, 1.82) is 0 Å². The molecular weight excluding hydrogens is 332 g/mol. The van der Waals surface area contributed by atoms with Gasteiger partial charge in [0.15, 0.2) is 0 Å². The Hall–Kier alpha value is -3.35. The van der Waals surface area contributed by atoms with Gasteiger partial charge in [-0.25, -0.2) is 19.7 Å². The largest absolute Gasteiger partial charge is 0.462 e. The van der Waals surface area contributed by atoms with E-state index in [9.17, 15) is 9.59 Å². The molecule has 0 bridgehead atoms. The summed E-state index contributed by atoms with van der Waals surface area (Å²) in [5.74, 6) is -0.538. The molecule has 0 unspecified atom stereocenters. The zero-order chi connectivity index (χ0) is 18.7. The maximum absolute atomic E-state index is 12.5. The molecule has 7 nitrogen and oxygen atoms in total. The maximum atomic E-state index is 12.5. The molecule has 0 aliphatic carbocycles. The molecule has 0 saturated heterocycles. The highest BCUT2D eigenvalue weighted by Gasteiger charge is 2.12. The highest BCUT2D eigenvalue weighted by molar-refractivity contribution is 6.05. The number of aryl methyl sites for hydroxylation is 2. The minimum absolute atomic E-state index is 0.270. The fourth-order valence-corrected chi connectivity index (χ4v) is 2.40. The predicted molar refractivity (Wildman–Crippen MR) is 97.2 cm³/mol. The maximum Gasteiger partial charge on any atom is 0.338 e. The summed E-state index contributed by atoms with van der Waals surface area (Å²) in [4.78, 5) is 37.3. The Bertz CT molecular complexity index is 1000. The van der Waals surface area contributed by atoms with Crippen molar-refractivity contribution < 1.29 is 14.3 Å². The number of hydrogen-bond acceptors (Lipinski definition) is 6. The molecule has 2 aromatic heterocycles. The van der Waals surface area contributed by atoms with Crippen molar-refractivity contribution >= 4 is 28.7 Å².